The van der Waals surface area contributed by atoms with E-state index in [4.69, 9.17) is 16.2 Å². The first-order valence-corrected chi connectivity index (χ1v) is 14.7. The van der Waals surface area contributed by atoms with Gasteiger partial charge in [-0.15, -0.1) is 0 Å². The fourth-order valence-electron chi connectivity index (χ4n) is 4.87. The fraction of sp³-hybridized carbons (Fsp3) is 0.265. The number of hydrogen-bond donors (Lipinski definition) is 5. The van der Waals surface area contributed by atoms with Crippen molar-refractivity contribution in [2.45, 2.75) is 32.5 Å². The third-order valence-electron chi connectivity index (χ3n) is 7.54. The van der Waals surface area contributed by atoms with Crippen molar-refractivity contribution < 1.29 is 27.5 Å². The Morgan fingerprint density at radius 2 is 1.87 bits per heavy atom. The summed E-state index contributed by atoms with van der Waals surface area (Å²) in [6, 6.07) is 12.5. The number of benzene rings is 2. The van der Waals surface area contributed by atoms with Gasteiger partial charge in [-0.05, 0) is 55.2 Å². The summed E-state index contributed by atoms with van der Waals surface area (Å²) in [6.07, 6.45) is -0.238. The van der Waals surface area contributed by atoms with Crippen molar-refractivity contribution in [3.05, 3.63) is 107 Å². The van der Waals surface area contributed by atoms with E-state index < -0.39 is 17.6 Å². The lowest BCUT2D eigenvalue weighted by Gasteiger charge is -2.25. The fourth-order valence-corrected chi connectivity index (χ4v) is 4.87. The molecule has 0 aliphatic heterocycles. The van der Waals surface area contributed by atoms with Crippen LogP contribution in [0.3, 0.4) is 0 Å². The lowest BCUT2D eigenvalue weighted by Crippen LogP contribution is -2.31. The van der Waals surface area contributed by atoms with Crippen LogP contribution < -0.4 is 32.2 Å². The van der Waals surface area contributed by atoms with Crippen molar-refractivity contribution in [2.75, 3.05) is 26.5 Å². The van der Waals surface area contributed by atoms with Crippen LogP contribution >= 0.6 is 0 Å². The Kier molecular flexibility index (Phi) is 10.5. The van der Waals surface area contributed by atoms with Gasteiger partial charge in [0, 0.05) is 49.1 Å². The van der Waals surface area contributed by atoms with Gasteiger partial charge in [0.25, 0.3) is 5.91 Å². The average Bonchev–Trinajstić information content (AvgIpc) is 3.88. The van der Waals surface area contributed by atoms with E-state index in [9.17, 15) is 22.8 Å². The van der Waals surface area contributed by atoms with Crippen LogP contribution in [0.5, 0.6) is 5.75 Å². The molecule has 0 saturated heterocycles. The molecule has 10 nitrogen and oxygen atoms in total. The maximum Gasteiger partial charge on any atom is 0.417 e. The topological polar surface area (TPSA) is 148 Å². The number of ether oxygens (including phenoxy) is 1. The number of nitrogens with one attached hydrogen (secondary N) is 3. The van der Waals surface area contributed by atoms with E-state index in [0.717, 1.165) is 24.5 Å². The van der Waals surface area contributed by atoms with Gasteiger partial charge in [-0.25, -0.2) is 0 Å². The van der Waals surface area contributed by atoms with Crippen molar-refractivity contribution in [1.29, 1.82) is 0 Å². The maximum atomic E-state index is 14.5. The first kappa shape index (κ1) is 34.4. The van der Waals surface area contributed by atoms with Gasteiger partial charge in [-0.2, -0.15) is 13.2 Å². The number of likely N-dealkylation sites (N-methyl/N-ethyl adjacent to an activating group) is 1. The third-order valence-corrected chi connectivity index (χ3v) is 7.54. The molecule has 4 rings (SSSR count). The molecule has 248 valence electrons. The molecule has 13 heteroatoms. The molecule has 0 unspecified atom stereocenters. The number of alkyl halides is 3. The molecule has 3 aromatic rings. The highest BCUT2D eigenvalue weighted by Gasteiger charge is 2.35. The minimum absolute atomic E-state index is 0.0298. The number of aromatic nitrogens is 1. The number of methoxy groups -OCH3 is 1. The Hall–Kier alpha value is -5.46. The first-order valence-electron chi connectivity index (χ1n) is 14.7. The Bertz CT molecular complexity index is 1750. The molecule has 1 aliphatic carbocycles. The van der Waals surface area contributed by atoms with Crippen LogP contribution in [0.1, 0.15) is 35.2 Å². The summed E-state index contributed by atoms with van der Waals surface area (Å²) >= 11 is 0. The van der Waals surface area contributed by atoms with Crippen LogP contribution in [-0.2, 0) is 22.3 Å². The van der Waals surface area contributed by atoms with Crippen molar-refractivity contribution in [1.82, 2.24) is 20.5 Å². The van der Waals surface area contributed by atoms with Crippen LogP contribution in [0.4, 0.5) is 18.9 Å². The Morgan fingerprint density at radius 1 is 1.15 bits per heavy atom. The Labute approximate surface area is 271 Å². The van der Waals surface area contributed by atoms with E-state index in [1.807, 2.05) is 19.1 Å². The van der Waals surface area contributed by atoms with Crippen LogP contribution in [0.15, 0.2) is 84.6 Å². The predicted octanol–water partition coefficient (Wildman–Crippen LogP) is 4.84. The standard InChI is InChI=1S/C34H38F3N7O3/c1-19-13-14-41-23(15-19)18-44(4)20(2)24-12-11-22(16-26(24)34(35,36)37)25-7-6-8-27(31(25)47-5)42-28(30(39)33(46)40-3)17-29(38)43-32(45)21-9-10-21/h6-8,11-17,21,42H,2,9-10,18,38-39H2,1,3-5H3,(H,40,46)(H,43,45)/b29-17+,30-28+. The number of aryl methyl sites for hydroxylation is 1. The van der Waals surface area contributed by atoms with Crippen LogP contribution in [0.25, 0.3) is 16.8 Å². The molecule has 0 atom stereocenters. The zero-order chi connectivity index (χ0) is 34.5. The van der Waals surface area contributed by atoms with Crippen molar-refractivity contribution in [3.8, 4) is 16.9 Å². The molecule has 1 saturated carbocycles. The number of allylic oxidation sites excluding steroid dienone is 1. The maximum absolute atomic E-state index is 14.5. The number of amides is 2. The van der Waals surface area contributed by atoms with Gasteiger partial charge in [0.1, 0.15) is 17.3 Å². The van der Waals surface area contributed by atoms with E-state index in [-0.39, 0.29) is 63.8 Å². The van der Waals surface area contributed by atoms with E-state index in [1.165, 1.54) is 26.3 Å². The molecular formula is C34H38F3N7O3. The third kappa shape index (κ3) is 8.43. The van der Waals surface area contributed by atoms with Crippen LogP contribution in [0.2, 0.25) is 0 Å². The van der Waals surface area contributed by atoms with Crippen molar-refractivity contribution >= 4 is 23.2 Å². The minimum Gasteiger partial charge on any atom is -0.494 e. The number of nitrogens with zero attached hydrogens (tertiary/aromatic N) is 2. The van der Waals surface area contributed by atoms with Crippen molar-refractivity contribution in [3.63, 3.8) is 0 Å². The molecule has 47 heavy (non-hydrogen) atoms. The van der Waals surface area contributed by atoms with E-state index in [0.29, 0.717) is 11.3 Å². The summed E-state index contributed by atoms with van der Waals surface area (Å²) in [4.78, 5) is 30.6. The zero-order valence-corrected chi connectivity index (χ0v) is 26.6. The molecule has 1 aromatic heterocycles. The highest BCUT2D eigenvalue weighted by atomic mass is 19.4. The van der Waals surface area contributed by atoms with E-state index in [1.54, 1.807) is 42.4 Å². The normalized spacial score (nSPS) is 13.7. The van der Waals surface area contributed by atoms with Gasteiger partial charge in [0.15, 0.2) is 0 Å². The molecule has 0 radical (unpaired) electrons. The van der Waals surface area contributed by atoms with Gasteiger partial charge in [-0.3, -0.25) is 14.6 Å². The van der Waals surface area contributed by atoms with Gasteiger partial charge < -0.3 is 37.1 Å². The second kappa shape index (κ2) is 14.3. The van der Waals surface area contributed by atoms with E-state index in [2.05, 4.69) is 27.5 Å². The summed E-state index contributed by atoms with van der Waals surface area (Å²) in [5, 5.41) is 8.01. The number of pyridine rings is 1. The molecule has 2 aromatic carbocycles. The largest absolute Gasteiger partial charge is 0.494 e. The van der Waals surface area contributed by atoms with Gasteiger partial charge in [-0.1, -0.05) is 30.8 Å². The molecule has 2 amide bonds. The van der Waals surface area contributed by atoms with E-state index >= 15 is 0 Å². The first-order chi connectivity index (χ1) is 22.2. The van der Waals surface area contributed by atoms with Gasteiger partial charge in [0.2, 0.25) is 5.91 Å². The summed E-state index contributed by atoms with van der Waals surface area (Å²) in [5.41, 5.74) is 13.7. The molecule has 7 N–H and O–H groups in total. The molecule has 0 spiro atoms. The monoisotopic (exact) mass is 649 g/mol. The summed E-state index contributed by atoms with van der Waals surface area (Å²) < 4.78 is 49.2. The molecule has 1 aliphatic rings. The average molecular weight is 650 g/mol. The molecule has 0 bridgehead atoms. The second-order valence-corrected chi connectivity index (χ2v) is 11.2. The summed E-state index contributed by atoms with van der Waals surface area (Å²) in [7, 11) is 4.42. The highest BCUT2D eigenvalue weighted by molar-refractivity contribution is 5.94. The molecular weight excluding hydrogens is 611 g/mol. The predicted molar refractivity (Wildman–Crippen MR) is 175 cm³/mol. The second-order valence-electron chi connectivity index (χ2n) is 11.2. The number of nitrogens with two attached hydrogens (primary N) is 2. The van der Waals surface area contributed by atoms with Crippen LogP contribution in [0, 0.1) is 12.8 Å². The molecule has 1 heterocycles. The SMILES string of the molecule is C=C(c1ccc(-c2cccc(NC(/C=C(\N)NC(=O)C3CC3)=C(/N)C(=O)NC)c2OC)cc1C(F)(F)F)N(C)Cc1cc(C)ccn1. The minimum atomic E-state index is -4.70. The number of rotatable bonds is 12. The highest BCUT2D eigenvalue weighted by Crippen LogP contribution is 2.42. The van der Waals surface area contributed by atoms with Crippen LogP contribution in [-0.4, -0.2) is 42.9 Å². The Morgan fingerprint density at radius 3 is 2.49 bits per heavy atom. The number of carbonyl (C=O) groups is 2. The number of carbonyl (C=O) groups excluding carboxylic acids is 2. The zero-order valence-electron chi connectivity index (χ0n) is 26.6. The summed E-state index contributed by atoms with van der Waals surface area (Å²) in [6.45, 7) is 6.14. The summed E-state index contributed by atoms with van der Waals surface area (Å²) in [5.74, 6) is -0.882. The lowest BCUT2D eigenvalue weighted by molar-refractivity contribution is -0.137. The van der Waals surface area contributed by atoms with Gasteiger partial charge >= 0.3 is 6.18 Å². The number of para-hydroxylation sites is 1. The molecule has 1 fully saturated rings. The van der Waals surface area contributed by atoms with Crippen molar-refractivity contribution in [2.24, 2.45) is 17.4 Å². The number of hydrogen-bond acceptors (Lipinski definition) is 8. The lowest BCUT2D eigenvalue weighted by atomic mass is 9.96. The van der Waals surface area contributed by atoms with Gasteiger partial charge in [0.05, 0.1) is 36.3 Å². The number of anilines is 1. The quantitative estimate of drug-likeness (QED) is 0.138. The number of halogens is 3. The Balaban J connectivity index is 1.71. The smallest absolute Gasteiger partial charge is 0.417 e.